The average Bonchev–Trinajstić information content (AvgIpc) is 2.38. The molecule has 0 fully saturated rings. The average molecular weight is 376 g/mol. The lowest BCUT2D eigenvalue weighted by Gasteiger charge is -2.21. The Labute approximate surface area is 126 Å². The van der Waals surface area contributed by atoms with E-state index >= 15 is 0 Å². The summed E-state index contributed by atoms with van der Waals surface area (Å²) in [6, 6.07) is 4.46. The van der Waals surface area contributed by atoms with Gasteiger partial charge in [-0.1, -0.05) is 6.92 Å². The van der Waals surface area contributed by atoms with Crippen molar-refractivity contribution < 1.29 is 14.7 Å². The van der Waals surface area contributed by atoms with Crippen molar-refractivity contribution >= 4 is 40.3 Å². The van der Waals surface area contributed by atoms with Crippen molar-refractivity contribution in [2.24, 2.45) is 0 Å². The summed E-state index contributed by atoms with van der Waals surface area (Å²) in [5.74, 6) is -1.01. The van der Waals surface area contributed by atoms with E-state index in [9.17, 15) is 9.59 Å². The molecule has 0 aliphatic rings. The molecule has 1 aromatic carbocycles. The number of rotatable bonds is 5. The number of nitrogens with zero attached hydrogens (tertiary/aromatic N) is 1. The second-order valence-electron chi connectivity index (χ2n) is 4.01. The van der Waals surface area contributed by atoms with Crippen LogP contribution in [0.1, 0.15) is 30.6 Å². The zero-order chi connectivity index (χ0) is 14.4. The predicted octanol–water partition coefficient (Wildman–Crippen LogP) is 3.25. The van der Waals surface area contributed by atoms with Crippen molar-refractivity contribution in [1.82, 2.24) is 4.90 Å². The second-order valence-corrected chi connectivity index (χ2v) is 5.17. The van der Waals surface area contributed by atoms with Gasteiger partial charge in [-0.15, -0.1) is 0 Å². The van der Waals surface area contributed by atoms with Crippen molar-refractivity contribution in [3.8, 4) is 0 Å². The van der Waals surface area contributed by atoms with Crippen LogP contribution in [0.4, 0.5) is 10.5 Å². The molecule has 2 N–H and O–H groups in total. The zero-order valence-electron chi connectivity index (χ0n) is 10.9. The molecule has 0 saturated heterocycles. The topological polar surface area (TPSA) is 69.6 Å². The Hall–Kier alpha value is -1.31. The van der Waals surface area contributed by atoms with Crippen LogP contribution in [0.3, 0.4) is 0 Å². The number of amides is 2. The molecular weight excluding hydrogens is 359 g/mol. The Bertz CT molecular complexity index is 477. The molecule has 0 aliphatic carbocycles. The number of halogens is 1. The Balaban J connectivity index is 2.89. The molecule has 19 heavy (non-hydrogen) atoms. The van der Waals surface area contributed by atoms with Crippen LogP contribution < -0.4 is 5.32 Å². The summed E-state index contributed by atoms with van der Waals surface area (Å²) < 4.78 is 0.809. The lowest BCUT2D eigenvalue weighted by molar-refractivity contribution is 0.0697. The van der Waals surface area contributed by atoms with E-state index in [0.29, 0.717) is 18.8 Å². The Morgan fingerprint density at radius 2 is 2.05 bits per heavy atom. The number of urea groups is 1. The third-order valence-electron chi connectivity index (χ3n) is 2.62. The number of hydrogen-bond acceptors (Lipinski definition) is 2. The summed E-state index contributed by atoms with van der Waals surface area (Å²) in [4.78, 5) is 24.6. The van der Waals surface area contributed by atoms with Gasteiger partial charge in [0.2, 0.25) is 0 Å². The normalized spacial score (nSPS) is 10.1. The molecule has 1 rings (SSSR count). The fourth-order valence-electron chi connectivity index (χ4n) is 1.62. The highest BCUT2D eigenvalue weighted by atomic mass is 127. The molecule has 0 aromatic heterocycles. The van der Waals surface area contributed by atoms with E-state index in [2.05, 4.69) is 27.9 Å². The van der Waals surface area contributed by atoms with Crippen LogP contribution in [0.15, 0.2) is 18.2 Å². The molecule has 0 unspecified atom stereocenters. The van der Waals surface area contributed by atoms with E-state index in [4.69, 9.17) is 5.11 Å². The van der Waals surface area contributed by atoms with Gasteiger partial charge in [0, 0.05) is 16.7 Å². The van der Waals surface area contributed by atoms with Crippen molar-refractivity contribution in [2.75, 3.05) is 18.4 Å². The highest BCUT2D eigenvalue weighted by molar-refractivity contribution is 14.1. The quantitative estimate of drug-likeness (QED) is 0.776. The molecule has 6 heteroatoms. The molecule has 1 aromatic rings. The third-order valence-corrected chi connectivity index (χ3v) is 3.56. The Kier molecular flexibility index (Phi) is 6.07. The summed E-state index contributed by atoms with van der Waals surface area (Å²) in [6.45, 7) is 5.21. The van der Waals surface area contributed by atoms with Gasteiger partial charge in [0.05, 0.1) is 11.3 Å². The lowest BCUT2D eigenvalue weighted by Crippen LogP contribution is -2.35. The second kappa shape index (κ2) is 7.32. The highest BCUT2D eigenvalue weighted by Gasteiger charge is 2.13. The number of carboxylic acid groups (broad SMARTS) is 1. The number of anilines is 1. The van der Waals surface area contributed by atoms with Gasteiger partial charge in [-0.05, 0) is 54.1 Å². The summed E-state index contributed by atoms with van der Waals surface area (Å²) in [6.07, 6.45) is 0.882. The molecule has 5 nitrogen and oxygen atoms in total. The summed E-state index contributed by atoms with van der Waals surface area (Å²) >= 11 is 2.06. The molecule has 2 amide bonds. The zero-order valence-corrected chi connectivity index (χ0v) is 13.1. The lowest BCUT2D eigenvalue weighted by atomic mass is 10.2. The summed E-state index contributed by atoms with van der Waals surface area (Å²) in [7, 11) is 0. The first-order chi connectivity index (χ1) is 8.99. The molecule has 0 heterocycles. The number of nitrogens with one attached hydrogen (secondary N) is 1. The van der Waals surface area contributed by atoms with Gasteiger partial charge >= 0.3 is 12.0 Å². The molecule has 0 aliphatic heterocycles. The first kappa shape index (κ1) is 15.7. The van der Waals surface area contributed by atoms with Gasteiger partial charge in [-0.2, -0.15) is 0 Å². The molecular formula is C13H17IN2O3. The number of carbonyl (C=O) groups is 2. The molecule has 0 spiro atoms. The SMILES string of the molecule is CCCN(CC)C(=O)Nc1cc(C(=O)O)ccc1I. The minimum Gasteiger partial charge on any atom is -0.478 e. The predicted molar refractivity (Wildman–Crippen MR) is 82.7 cm³/mol. The van der Waals surface area contributed by atoms with Crippen molar-refractivity contribution in [3.63, 3.8) is 0 Å². The van der Waals surface area contributed by atoms with E-state index in [1.807, 2.05) is 13.8 Å². The maximum absolute atomic E-state index is 12.0. The van der Waals surface area contributed by atoms with Crippen LogP contribution in [-0.4, -0.2) is 35.1 Å². The monoisotopic (exact) mass is 376 g/mol. The summed E-state index contributed by atoms with van der Waals surface area (Å²) in [5, 5.41) is 11.7. The maximum atomic E-state index is 12.0. The Morgan fingerprint density at radius 1 is 1.37 bits per heavy atom. The van der Waals surface area contributed by atoms with Crippen LogP contribution in [0.5, 0.6) is 0 Å². The molecule has 0 saturated carbocycles. The number of hydrogen-bond donors (Lipinski definition) is 2. The minimum atomic E-state index is -1.01. The molecule has 0 bridgehead atoms. The van der Waals surface area contributed by atoms with Gasteiger partial charge in [-0.25, -0.2) is 9.59 Å². The fourth-order valence-corrected chi connectivity index (χ4v) is 2.09. The molecule has 0 radical (unpaired) electrons. The standard InChI is InChI=1S/C13H17IN2O3/c1-3-7-16(4-2)13(19)15-11-8-9(12(17)18)5-6-10(11)14/h5-6,8H,3-4,7H2,1-2H3,(H,15,19)(H,17,18). The van der Waals surface area contributed by atoms with Crippen LogP contribution >= 0.6 is 22.6 Å². The van der Waals surface area contributed by atoms with E-state index < -0.39 is 5.97 Å². The number of carboxylic acids is 1. The minimum absolute atomic E-state index is 0.161. The van der Waals surface area contributed by atoms with E-state index in [1.165, 1.54) is 12.1 Å². The van der Waals surface area contributed by atoms with E-state index in [0.717, 1.165) is 9.99 Å². The van der Waals surface area contributed by atoms with Gasteiger partial charge in [0.25, 0.3) is 0 Å². The molecule has 104 valence electrons. The van der Waals surface area contributed by atoms with Crippen LogP contribution in [0.2, 0.25) is 0 Å². The van der Waals surface area contributed by atoms with Gasteiger partial charge < -0.3 is 15.3 Å². The highest BCUT2D eigenvalue weighted by Crippen LogP contribution is 2.20. The first-order valence-electron chi connectivity index (χ1n) is 6.08. The number of benzene rings is 1. The number of carbonyl (C=O) groups excluding carboxylic acids is 1. The number of aromatic carboxylic acids is 1. The van der Waals surface area contributed by atoms with Crippen molar-refractivity contribution in [3.05, 3.63) is 27.3 Å². The summed E-state index contributed by atoms with van der Waals surface area (Å²) in [5.41, 5.74) is 0.689. The third kappa shape index (κ3) is 4.38. The van der Waals surface area contributed by atoms with Crippen molar-refractivity contribution in [1.29, 1.82) is 0 Å². The van der Waals surface area contributed by atoms with Gasteiger partial charge in [0.1, 0.15) is 0 Å². The maximum Gasteiger partial charge on any atom is 0.335 e. The Morgan fingerprint density at radius 3 is 2.58 bits per heavy atom. The first-order valence-corrected chi connectivity index (χ1v) is 7.16. The van der Waals surface area contributed by atoms with Crippen LogP contribution in [0, 0.1) is 3.57 Å². The fraction of sp³-hybridized carbons (Fsp3) is 0.385. The molecule has 0 atom stereocenters. The smallest absolute Gasteiger partial charge is 0.335 e. The van der Waals surface area contributed by atoms with Crippen LogP contribution in [0.25, 0.3) is 0 Å². The van der Waals surface area contributed by atoms with E-state index in [1.54, 1.807) is 11.0 Å². The largest absolute Gasteiger partial charge is 0.478 e. The van der Waals surface area contributed by atoms with Crippen LogP contribution in [-0.2, 0) is 0 Å². The van der Waals surface area contributed by atoms with Gasteiger partial charge in [0.15, 0.2) is 0 Å². The van der Waals surface area contributed by atoms with Crippen molar-refractivity contribution in [2.45, 2.75) is 20.3 Å². The van der Waals surface area contributed by atoms with E-state index in [-0.39, 0.29) is 11.6 Å². The van der Waals surface area contributed by atoms with Gasteiger partial charge in [-0.3, -0.25) is 0 Å².